The van der Waals surface area contributed by atoms with Crippen molar-refractivity contribution in [3.05, 3.63) is 35.9 Å². The molecule has 96 valence electrons. The number of thioether (sulfide) groups is 1. The summed E-state index contributed by atoms with van der Waals surface area (Å²) in [5, 5.41) is 3.66. The molecule has 0 saturated carbocycles. The van der Waals surface area contributed by atoms with Gasteiger partial charge in [0.05, 0.1) is 0 Å². The Morgan fingerprint density at radius 1 is 1.18 bits per heavy atom. The lowest BCUT2D eigenvalue weighted by molar-refractivity contribution is 0.471. The minimum atomic E-state index is 0.683. The quantitative estimate of drug-likeness (QED) is 0.717. The molecule has 1 aromatic rings. The third-order valence-electron chi connectivity index (χ3n) is 2.98. The Balaban J connectivity index is 2.31. The second kappa shape index (κ2) is 9.55. The zero-order valence-electron chi connectivity index (χ0n) is 11.1. The second-order valence-corrected chi connectivity index (χ2v) is 5.44. The molecule has 0 aliphatic carbocycles. The van der Waals surface area contributed by atoms with Crippen molar-refractivity contribution in [3.8, 4) is 0 Å². The highest BCUT2D eigenvalue weighted by molar-refractivity contribution is 7.98. The monoisotopic (exact) mass is 251 g/mol. The van der Waals surface area contributed by atoms with Gasteiger partial charge in [-0.25, -0.2) is 0 Å². The van der Waals surface area contributed by atoms with Crippen LogP contribution >= 0.6 is 11.8 Å². The van der Waals surface area contributed by atoms with E-state index in [1.807, 2.05) is 11.8 Å². The van der Waals surface area contributed by atoms with Crippen LogP contribution in [0, 0.1) is 0 Å². The van der Waals surface area contributed by atoms with Crippen molar-refractivity contribution in [2.45, 2.75) is 38.6 Å². The van der Waals surface area contributed by atoms with Crippen molar-refractivity contribution >= 4 is 11.8 Å². The van der Waals surface area contributed by atoms with E-state index in [4.69, 9.17) is 0 Å². The van der Waals surface area contributed by atoms with Crippen LogP contribution in [0.5, 0.6) is 0 Å². The fraction of sp³-hybridized carbons (Fsp3) is 0.600. The molecule has 0 bridgehead atoms. The van der Waals surface area contributed by atoms with Gasteiger partial charge in [-0.2, -0.15) is 11.8 Å². The molecule has 1 unspecified atom stereocenters. The van der Waals surface area contributed by atoms with Gasteiger partial charge in [-0.1, -0.05) is 37.3 Å². The molecule has 0 saturated heterocycles. The van der Waals surface area contributed by atoms with E-state index in [-0.39, 0.29) is 0 Å². The van der Waals surface area contributed by atoms with Crippen LogP contribution in [0.1, 0.15) is 31.7 Å². The van der Waals surface area contributed by atoms with E-state index in [0.29, 0.717) is 6.04 Å². The van der Waals surface area contributed by atoms with Gasteiger partial charge in [0.15, 0.2) is 0 Å². The molecule has 0 aromatic heterocycles. The average molecular weight is 251 g/mol. The molecule has 17 heavy (non-hydrogen) atoms. The molecule has 0 aliphatic rings. The maximum absolute atomic E-state index is 3.66. The summed E-state index contributed by atoms with van der Waals surface area (Å²) < 4.78 is 0. The molecule has 1 nitrogen and oxygen atoms in total. The van der Waals surface area contributed by atoms with Crippen LogP contribution in [0.25, 0.3) is 0 Å². The zero-order valence-corrected chi connectivity index (χ0v) is 11.9. The summed E-state index contributed by atoms with van der Waals surface area (Å²) in [5.74, 6) is 1.26. The highest BCUT2D eigenvalue weighted by Gasteiger charge is 2.07. The van der Waals surface area contributed by atoms with Crippen molar-refractivity contribution < 1.29 is 0 Å². The number of hydrogen-bond acceptors (Lipinski definition) is 2. The van der Waals surface area contributed by atoms with E-state index in [9.17, 15) is 0 Å². The lowest BCUT2D eigenvalue weighted by Crippen LogP contribution is -2.30. The Bertz CT molecular complexity index is 266. The van der Waals surface area contributed by atoms with E-state index >= 15 is 0 Å². The molecule has 0 heterocycles. The first-order chi connectivity index (χ1) is 8.36. The molecule has 0 amide bonds. The van der Waals surface area contributed by atoms with Gasteiger partial charge < -0.3 is 5.32 Å². The third-order valence-corrected chi connectivity index (χ3v) is 3.62. The molecule has 1 atom stereocenters. The van der Waals surface area contributed by atoms with Gasteiger partial charge in [-0.3, -0.25) is 0 Å². The van der Waals surface area contributed by atoms with Gasteiger partial charge in [-0.15, -0.1) is 0 Å². The highest BCUT2D eigenvalue weighted by atomic mass is 32.2. The van der Waals surface area contributed by atoms with Crippen LogP contribution in [-0.2, 0) is 6.42 Å². The van der Waals surface area contributed by atoms with Gasteiger partial charge in [-0.05, 0) is 49.8 Å². The van der Waals surface area contributed by atoms with Crippen LogP contribution < -0.4 is 5.32 Å². The summed E-state index contributed by atoms with van der Waals surface area (Å²) in [6, 6.07) is 11.5. The number of nitrogens with one attached hydrogen (secondary N) is 1. The number of benzene rings is 1. The minimum Gasteiger partial charge on any atom is -0.314 e. The molecule has 0 radical (unpaired) electrons. The van der Waals surface area contributed by atoms with E-state index in [1.165, 1.54) is 37.0 Å². The van der Waals surface area contributed by atoms with Crippen LogP contribution in [-0.4, -0.2) is 24.6 Å². The maximum atomic E-state index is 3.66. The van der Waals surface area contributed by atoms with Crippen molar-refractivity contribution in [1.82, 2.24) is 5.32 Å². The molecule has 1 N–H and O–H groups in total. The Hall–Kier alpha value is -0.470. The van der Waals surface area contributed by atoms with Crippen LogP contribution in [0.4, 0.5) is 0 Å². The molecule has 1 rings (SSSR count). The molecular weight excluding hydrogens is 226 g/mol. The first-order valence-corrected chi connectivity index (χ1v) is 8.02. The fourth-order valence-corrected chi connectivity index (χ4v) is 2.46. The van der Waals surface area contributed by atoms with Gasteiger partial charge in [0.25, 0.3) is 0 Å². The van der Waals surface area contributed by atoms with Crippen LogP contribution in [0.3, 0.4) is 0 Å². The van der Waals surface area contributed by atoms with Gasteiger partial charge in [0.2, 0.25) is 0 Å². The SMILES string of the molecule is CCCNC(CCSC)CCc1ccccc1. The van der Waals surface area contributed by atoms with Crippen LogP contribution in [0.2, 0.25) is 0 Å². The van der Waals surface area contributed by atoms with Crippen LogP contribution in [0.15, 0.2) is 30.3 Å². The van der Waals surface area contributed by atoms with Crippen molar-refractivity contribution in [2.75, 3.05) is 18.6 Å². The minimum absolute atomic E-state index is 0.683. The molecule has 1 aromatic carbocycles. The third kappa shape index (κ3) is 6.75. The van der Waals surface area contributed by atoms with Crippen molar-refractivity contribution in [1.29, 1.82) is 0 Å². The summed E-state index contributed by atoms with van der Waals surface area (Å²) in [6.45, 7) is 3.38. The number of hydrogen-bond donors (Lipinski definition) is 1. The molecular formula is C15H25NS. The molecule has 2 heteroatoms. The van der Waals surface area contributed by atoms with E-state index < -0.39 is 0 Å². The van der Waals surface area contributed by atoms with Gasteiger partial charge >= 0.3 is 0 Å². The lowest BCUT2D eigenvalue weighted by Gasteiger charge is -2.18. The first kappa shape index (κ1) is 14.6. The Morgan fingerprint density at radius 3 is 2.59 bits per heavy atom. The summed E-state index contributed by atoms with van der Waals surface area (Å²) in [5.41, 5.74) is 1.46. The number of rotatable bonds is 9. The molecule has 0 spiro atoms. The van der Waals surface area contributed by atoms with Crippen molar-refractivity contribution in [2.24, 2.45) is 0 Å². The van der Waals surface area contributed by atoms with Gasteiger partial charge in [0.1, 0.15) is 0 Å². The predicted octanol–water partition coefficient (Wildman–Crippen LogP) is 3.74. The zero-order chi connectivity index (χ0) is 12.3. The molecule has 0 fully saturated rings. The predicted molar refractivity (Wildman–Crippen MR) is 79.8 cm³/mol. The number of aryl methyl sites for hydroxylation is 1. The fourth-order valence-electron chi connectivity index (χ4n) is 1.94. The van der Waals surface area contributed by atoms with E-state index in [0.717, 1.165) is 6.54 Å². The standard InChI is InChI=1S/C15H25NS/c1-3-12-16-15(11-13-17-2)10-9-14-7-5-4-6-8-14/h4-8,15-16H,3,9-13H2,1-2H3. The second-order valence-electron chi connectivity index (χ2n) is 4.46. The molecule has 0 aliphatic heterocycles. The normalized spacial score (nSPS) is 12.6. The average Bonchev–Trinajstić information content (AvgIpc) is 2.39. The largest absolute Gasteiger partial charge is 0.314 e. The van der Waals surface area contributed by atoms with Crippen molar-refractivity contribution in [3.63, 3.8) is 0 Å². The summed E-state index contributed by atoms with van der Waals surface area (Å²) in [4.78, 5) is 0. The summed E-state index contributed by atoms with van der Waals surface area (Å²) in [6.07, 6.45) is 7.14. The smallest absolute Gasteiger partial charge is 0.00780 e. The Labute approximate surface area is 110 Å². The Kier molecular flexibility index (Phi) is 8.20. The topological polar surface area (TPSA) is 12.0 Å². The summed E-state index contributed by atoms with van der Waals surface area (Å²) >= 11 is 1.95. The Morgan fingerprint density at radius 2 is 1.94 bits per heavy atom. The highest BCUT2D eigenvalue weighted by Crippen LogP contribution is 2.09. The first-order valence-electron chi connectivity index (χ1n) is 6.63. The summed E-state index contributed by atoms with van der Waals surface area (Å²) in [7, 11) is 0. The van der Waals surface area contributed by atoms with Gasteiger partial charge in [0, 0.05) is 6.04 Å². The lowest BCUT2D eigenvalue weighted by atomic mass is 10.0. The maximum Gasteiger partial charge on any atom is 0.00780 e. The van der Waals surface area contributed by atoms with E-state index in [1.54, 1.807) is 0 Å². The van der Waals surface area contributed by atoms with E-state index in [2.05, 4.69) is 48.8 Å².